The minimum absolute atomic E-state index is 0.0556. The maximum Gasteiger partial charge on any atom is 0.404 e. The van der Waals surface area contributed by atoms with Gasteiger partial charge in [0.2, 0.25) is 0 Å². The number of rotatable bonds is 8. The molecular formula is C16H23F2N3O4S. The number of halogens is 2. The fourth-order valence-electron chi connectivity index (χ4n) is 2.67. The third-order valence-electron chi connectivity index (χ3n) is 4.05. The van der Waals surface area contributed by atoms with E-state index in [2.05, 4.69) is 10.2 Å². The molecule has 0 bridgehead atoms. The fraction of sp³-hybridized carbons (Fsp3) is 0.562. The second-order valence-corrected chi connectivity index (χ2v) is 7.48. The van der Waals surface area contributed by atoms with Crippen molar-refractivity contribution in [1.29, 1.82) is 0 Å². The quantitative estimate of drug-likeness (QED) is 0.691. The van der Waals surface area contributed by atoms with Crippen LogP contribution in [-0.2, 0) is 10.8 Å². The lowest BCUT2D eigenvalue weighted by Crippen LogP contribution is -2.48. The zero-order chi connectivity index (χ0) is 19.1. The van der Waals surface area contributed by atoms with Gasteiger partial charge in [0.05, 0.1) is 18.0 Å². The molecule has 7 nitrogen and oxygen atoms in total. The summed E-state index contributed by atoms with van der Waals surface area (Å²) in [4.78, 5) is 14.3. The average molecular weight is 391 g/mol. The maximum absolute atomic E-state index is 14.2. The maximum atomic E-state index is 14.2. The molecule has 0 saturated carbocycles. The number of nitrogens with one attached hydrogen (secondary N) is 1. The van der Waals surface area contributed by atoms with Crippen LogP contribution in [-0.4, -0.2) is 78.2 Å². The van der Waals surface area contributed by atoms with E-state index in [9.17, 15) is 17.8 Å². The van der Waals surface area contributed by atoms with Gasteiger partial charge in [-0.1, -0.05) is 0 Å². The summed E-state index contributed by atoms with van der Waals surface area (Å²) in [7, 11) is -1.05. The predicted octanol–water partition coefficient (Wildman–Crippen LogP) is 1.11. The predicted molar refractivity (Wildman–Crippen MR) is 95.5 cm³/mol. The monoisotopic (exact) mass is 391 g/mol. The van der Waals surface area contributed by atoms with Gasteiger partial charge in [-0.3, -0.25) is 9.11 Å². The number of ether oxygens (including phenoxy) is 1. The molecule has 10 heteroatoms. The summed E-state index contributed by atoms with van der Waals surface area (Å²) in [6.07, 6.45) is 0.470. The SMILES string of the molecule is C[S@](=O)CCOc1cc(N2CCN(CCNC(=O)O)CC2)c(F)cc1F. The summed E-state index contributed by atoms with van der Waals surface area (Å²) >= 11 is 0. The van der Waals surface area contributed by atoms with Gasteiger partial charge in [0.15, 0.2) is 11.6 Å². The largest absolute Gasteiger partial charge is 0.489 e. The molecule has 2 N–H and O–H groups in total. The second kappa shape index (κ2) is 9.67. The smallest absolute Gasteiger partial charge is 0.404 e. The van der Waals surface area contributed by atoms with E-state index >= 15 is 0 Å². The highest BCUT2D eigenvalue weighted by Crippen LogP contribution is 2.29. The van der Waals surface area contributed by atoms with Crippen molar-refractivity contribution >= 4 is 22.6 Å². The van der Waals surface area contributed by atoms with Crippen LogP contribution in [0, 0.1) is 11.6 Å². The molecule has 1 aromatic rings. The fourth-order valence-corrected chi connectivity index (χ4v) is 2.99. The van der Waals surface area contributed by atoms with E-state index in [1.165, 1.54) is 12.3 Å². The summed E-state index contributed by atoms with van der Waals surface area (Å²) in [5.41, 5.74) is 0.266. The average Bonchev–Trinajstić information content (AvgIpc) is 2.57. The molecule has 0 radical (unpaired) electrons. The van der Waals surface area contributed by atoms with Crippen molar-refractivity contribution in [1.82, 2.24) is 10.2 Å². The number of amides is 1. The van der Waals surface area contributed by atoms with Crippen molar-refractivity contribution in [2.24, 2.45) is 0 Å². The van der Waals surface area contributed by atoms with Crippen LogP contribution in [0.3, 0.4) is 0 Å². The molecule has 1 aromatic carbocycles. The van der Waals surface area contributed by atoms with Gasteiger partial charge >= 0.3 is 6.09 Å². The molecule has 0 aromatic heterocycles. The number of anilines is 1. The molecule has 1 saturated heterocycles. The van der Waals surface area contributed by atoms with Crippen LogP contribution in [0.4, 0.5) is 19.3 Å². The van der Waals surface area contributed by atoms with Crippen molar-refractivity contribution in [3.8, 4) is 5.75 Å². The van der Waals surface area contributed by atoms with Gasteiger partial charge in [0, 0.05) is 68.5 Å². The Hall–Kier alpha value is -1.94. The molecule has 0 aliphatic carbocycles. The summed E-state index contributed by atoms with van der Waals surface area (Å²) in [6.45, 7) is 3.36. The molecular weight excluding hydrogens is 368 g/mol. The van der Waals surface area contributed by atoms with E-state index in [-0.39, 0.29) is 23.8 Å². The van der Waals surface area contributed by atoms with Crippen LogP contribution in [0.5, 0.6) is 5.75 Å². The Labute approximate surface area is 153 Å². The Morgan fingerprint density at radius 2 is 1.96 bits per heavy atom. The number of hydrogen-bond acceptors (Lipinski definition) is 5. The lowest BCUT2D eigenvalue weighted by molar-refractivity contribution is 0.190. The summed E-state index contributed by atoms with van der Waals surface area (Å²) in [6, 6.07) is 2.14. The van der Waals surface area contributed by atoms with Gasteiger partial charge in [-0.2, -0.15) is 0 Å². The highest BCUT2D eigenvalue weighted by Gasteiger charge is 2.21. The Morgan fingerprint density at radius 1 is 1.27 bits per heavy atom. The first-order valence-electron chi connectivity index (χ1n) is 8.23. The van der Waals surface area contributed by atoms with Crippen LogP contribution in [0.1, 0.15) is 0 Å². The van der Waals surface area contributed by atoms with Crippen molar-refractivity contribution in [3.63, 3.8) is 0 Å². The molecule has 1 amide bonds. The molecule has 1 heterocycles. The Kier molecular flexibility index (Phi) is 7.58. The first-order valence-corrected chi connectivity index (χ1v) is 9.95. The molecule has 1 fully saturated rings. The van der Waals surface area contributed by atoms with E-state index in [0.29, 0.717) is 39.3 Å². The van der Waals surface area contributed by atoms with E-state index in [0.717, 1.165) is 6.07 Å². The molecule has 1 aliphatic heterocycles. The van der Waals surface area contributed by atoms with Gasteiger partial charge in [-0.05, 0) is 0 Å². The van der Waals surface area contributed by atoms with Crippen LogP contribution in [0.15, 0.2) is 12.1 Å². The molecule has 1 aliphatic rings. The van der Waals surface area contributed by atoms with Crippen LogP contribution in [0.2, 0.25) is 0 Å². The Balaban J connectivity index is 1.94. The van der Waals surface area contributed by atoms with E-state index in [1.54, 1.807) is 4.90 Å². The third-order valence-corrected chi connectivity index (χ3v) is 4.79. The number of carboxylic acid groups (broad SMARTS) is 1. The highest BCUT2D eigenvalue weighted by molar-refractivity contribution is 7.84. The molecule has 2 rings (SSSR count). The number of piperazine rings is 1. The molecule has 0 unspecified atom stereocenters. The third kappa shape index (κ3) is 6.10. The van der Waals surface area contributed by atoms with Crippen molar-refractivity contribution < 1.29 is 27.6 Å². The minimum atomic E-state index is -1.06. The van der Waals surface area contributed by atoms with Crippen molar-refractivity contribution in [3.05, 3.63) is 23.8 Å². The topological polar surface area (TPSA) is 82.1 Å². The van der Waals surface area contributed by atoms with Crippen LogP contribution >= 0.6 is 0 Å². The summed E-state index contributed by atoms with van der Waals surface area (Å²) in [5.74, 6) is -1.23. The molecule has 146 valence electrons. The number of nitrogens with zero attached hydrogens (tertiary/aromatic N) is 2. The number of hydrogen-bond donors (Lipinski definition) is 2. The lowest BCUT2D eigenvalue weighted by Gasteiger charge is -2.36. The van der Waals surface area contributed by atoms with Gasteiger partial charge in [-0.25, -0.2) is 13.6 Å². The summed E-state index contributed by atoms with van der Waals surface area (Å²) in [5, 5.41) is 10.9. The standard InChI is InChI=1S/C16H23F2N3O4S/c1-26(24)9-8-25-15-11-14(12(17)10-13(15)18)21-6-4-20(5-7-21)3-2-19-16(22)23/h10-11,19H,2-9H2,1H3,(H,22,23)/t26-/m0/s1. The van der Waals surface area contributed by atoms with Gasteiger partial charge in [0.1, 0.15) is 5.82 Å². The lowest BCUT2D eigenvalue weighted by atomic mass is 10.2. The van der Waals surface area contributed by atoms with E-state index in [1.807, 2.05) is 0 Å². The molecule has 0 spiro atoms. The van der Waals surface area contributed by atoms with Gasteiger partial charge in [-0.15, -0.1) is 0 Å². The first-order chi connectivity index (χ1) is 12.4. The number of carbonyl (C=O) groups is 1. The Morgan fingerprint density at radius 3 is 2.58 bits per heavy atom. The zero-order valence-electron chi connectivity index (χ0n) is 14.5. The minimum Gasteiger partial charge on any atom is -0.489 e. The highest BCUT2D eigenvalue weighted by atomic mass is 32.2. The summed E-state index contributed by atoms with van der Waals surface area (Å²) < 4.78 is 44.4. The van der Waals surface area contributed by atoms with E-state index < -0.39 is 28.5 Å². The molecule has 1 atom stereocenters. The van der Waals surface area contributed by atoms with Gasteiger partial charge in [0.25, 0.3) is 0 Å². The van der Waals surface area contributed by atoms with Crippen molar-refractivity contribution in [2.75, 3.05) is 62.8 Å². The van der Waals surface area contributed by atoms with Crippen molar-refractivity contribution in [2.45, 2.75) is 0 Å². The van der Waals surface area contributed by atoms with Gasteiger partial charge < -0.3 is 20.1 Å². The molecule has 26 heavy (non-hydrogen) atoms. The Bertz CT molecular complexity index is 655. The normalized spacial score (nSPS) is 16.3. The second-order valence-electron chi connectivity index (χ2n) is 5.92. The van der Waals surface area contributed by atoms with Crippen LogP contribution < -0.4 is 15.0 Å². The number of benzene rings is 1. The van der Waals surface area contributed by atoms with Crippen LogP contribution in [0.25, 0.3) is 0 Å². The van der Waals surface area contributed by atoms with E-state index in [4.69, 9.17) is 9.84 Å². The first kappa shape index (κ1) is 20.4. The zero-order valence-corrected chi connectivity index (χ0v) is 15.4.